The van der Waals surface area contributed by atoms with Crippen LogP contribution in [0.2, 0.25) is 0 Å². The third-order valence-electron chi connectivity index (χ3n) is 4.89. The molecule has 0 saturated carbocycles. The Bertz CT molecular complexity index is 1440. The predicted molar refractivity (Wildman–Crippen MR) is 141 cm³/mol. The van der Waals surface area contributed by atoms with Crippen molar-refractivity contribution in [3.8, 4) is 5.75 Å². The van der Waals surface area contributed by atoms with Gasteiger partial charge in [0.25, 0.3) is 11.5 Å². The third-order valence-corrected chi connectivity index (χ3v) is 6.00. The molecule has 0 fully saturated rings. The van der Waals surface area contributed by atoms with Crippen molar-refractivity contribution in [1.82, 2.24) is 9.66 Å². The smallest absolute Gasteiger partial charge is 0.282 e. The second-order valence-corrected chi connectivity index (χ2v) is 9.07. The lowest BCUT2D eigenvalue weighted by Crippen LogP contribution is -2.22. The molecule has 0 bridgehead atoms. The van der Waals surface area contributed by atoms with E-state index in [0.29, 0.717) is 39.1 Å². The van der Waals surface area contributed by atoms with Crippen molar-refractivity contribution in [2.75, 3.05) is 11.9 Å². The second kappa shape index (κ2) is 10.8. The van der Waals surface area contributed by atoms with E-state index in [4.69, 9.17) is 4.74 Å². The number of amides is 1. The lowest BCUT2D eigenvalue weighted by Gasteiger charge is -2.10. The Morgan fingerprint density at radius 2 is 1.91 bits per heavy atom. The predicted octanol–water partition coefficient (Wildman–Crippen LogP) is 5.38. The zero-order valence-electron chi connectivity index (χ0n) is 18.2. The first kappa shape index (κ1) is 23.8. The number of carbonyl (C=O) groups excluding carboxylic acids is 1. The Hall–Kier alpha value is -3.30. The molecule has 0 radical (unpaired) electrons. The summed E-state index contributed by atoms with van der Waals surface area (Å²) in [6, 6.07) is 19.9. The van der Waals surface area contributed by atoms with Crippen molar-refractivity contribution in [2.24, 2.45) is 5.10 Å². The zero-order valence-corrected chi connectivity index (χ0v) is 21.3. The van der Waals surface area contributed by atoms with E-state index in [1.165, 1.54) is 4.68 Å². The van der Waals surface area contributed by atoms with Crippen molar-refractivity contribution < 1.29 is 9.53 Å². The maximum atomic E-state index is 13.0. The molecule has 172 valence electrons. The Morgan fingerprint density at radius 3 is 2.65 bits per heavy atom. The zero-order chi connectivity index (χ0) is 24.1. The molecule has 0 aliphatic heterocycles. The van der Waals surface area contributed by atoms with Gasteiger partial charge in [0.2, 0.25) is 0 Å². The van der Waals surface area contributed by atoms with E-state index < -0.39 is 0 Å². The fourth-order valence-corrected chi connectivity index (χ4v) is 4.12. The summed E-state index contributed by atoms with van der Waals surface area (Å²) in [6.45, 7) is 1.80. The van der Waals surface area contributed by atoms with Crippen molar-refractivity contribution in [3.05, 3.63) is 97.4 Å². The lowest BCUT2D eigenvalue weighted by molar-refractivity contribution is -0.118. The van der Waals surface area contributed by atoms with Crippen molar-refractivity contribution in [2.45, 2.75) is 13.3 Å². The van der Waals surface area contributed by atoms with Crippen LogP contribution in [0.15, 0.2) is 85.6 Å². The summed E-state index contributed by atoms with van der Waals surface area (Å²) < 4.78 is 8.41. The maximum absolute atomic E-state index is 13.0. The number of ether oxygens (including phenoxy) is 1. The van der Waals surface area contributed by atoms with Crippen molar-refractivity contribution in [1.29, 1.82) is 0 Å². The van der Waals surface area contributed by atoms with E-state index in [-0.39, 0.29) is 18.1 Å². The number of para-hydroxylation sites is 1. The highest BCUT2D eigenvalue weighted by atomic mass is 79.9. The van der Waals surface area contributed by atoms with Crippen LogP contribution in [0.1, 0.15) is 18.3 Å². The normalized spacial score (nSPS) is 11.1. The van der Waals surface area contributed by atoms with Gasteiger partial charge in [-0.1, -0.05) is 41.1 Å². The lowest BCUT2D eigenvalue weighted by atomic mass is 10.2. The number of carbonyl (C=O) groups is 1. The monoisotopic (exact) mass is 582 g/mol. The van der Waals surface area contributed by atoms with E-state index in [1.54, 1.807) is 42.6 Å². The van der Waals surface area contributed by atoms with E-state index >= 15 is 0 Å². The SMILES string of the molecule is CCc1nc2ccc(Br)cc2c(=O)n1N=Cc1ccc(OCC(=O)Nc2ccccc2)c(Br)c1. The molecule has 34 heavy (non-hydrogen) atoms. The van der Waals surface area contributed by atoms with Gasteiger partial charge in [-0.25, -0.2) is 4.98 Å². The minimum Gasteiger partial charge on any atom is -0.483 e. The van der Waals surface area contributed by atoms with Gasteiger partial charge in [0, 0.05) is 16.6 Å². The molecule has 4 aromatic rings. The molecule has 1 heterocycles. The molecule has 4 rings (SSSR count). The number of aryl methyl sites for hydroxylation is 1. The van der Waals surface area contributed by atoms with E-state index in [2.05, 4.69) is 47.3 Å². The number of benzene rings is 3. The van der Waals surface area contributed by atoms with Crippen LogP contribution in [0.3, 0.4) is 0 Å². The fourth-order valence-electron chi connectivity index (χ4n) is 3.24. The average molecular weight is 584 g/mol. The number of rotatable bonds is 7. The molecule has 0 spiro atoms. The van der Waals surface area contributed by atoms with Gasteiger partial charge < -0.3 is 10.1 Å². The van der Waals surface area contributed by atoms with Crippen LogP contribution >= 0.6 is 31.9 Å². The summed E-state index contributed by atoms with van der Waals surface area (Å²) in [5.41, 5.74) is 1.86. The van der Waals surface area contributed by atoms with E-state index in [1.807, 2.05) is 37.3 Å². The Morgan fingerprint density at radius 1 is 1.12 bits per heavy atom. The number of nitrogens with zero attached hydrogens (tertiary/aromatic N) is 3. The first-order valence-corrected chi connectivity index (χ1v) is 12.1. The molecule has 7 nitrogen and oxygen atoms in total. The number of anilines is 1. The van der Waals surface area contributed by atoms with Gasteiger partial charge in [0.15, 0.2) is 6.61 Å². The molecule has 0 atom stereocenters. The van der Waals surface area contributed by atoms with Crippen molar-refractivity contribution in [3.63, 3.8) is 0 Å². The average Bonchev–Trinajstić information content (AvgIpc) is 2.83. The van der Waals surface area contributed by atoms with Crippen LogP contribution in [-0.2, 0) is 11.2 Å². The summed E-state index contributed by atoms with van der Waals surface area (Å²) in [5, 5.41) is 7.65. The number of halogens is 2. The Kier molecular flexibility index (Phi) is 7.54. The van der Waals surface area contributed by atoms with E-state index in [0.717, 1.165) is 10.0 Å². The fraction of sp³-hybridized carbons (Fsp3) is 0.120. The largest absolute Gasteiger partial charge is 0.483 e. The number of hydrogen-bond acceptors (Lipinski definition) is 5. The quantitative estimate of drug-likeness (QED) is 0.296. The Labute approximate surface area is 212 Å². The first-order valence-electron chi connectivity index (χ1n) is 10.5. The molecule has 1 amide bonds. The Balaban J connectivity index is 1.50. The minimum absolute atomic E-state index is 0.130. The molecule has 9 heteroatoms. The van der Waals surface area contributed by atoms with Crippen molar-refractivity contribution >= 4 is 60.6 Å². The van der Waals surface area contributed by atoms with Crippen LogP contribution in [0.5, 0.6) is 5.75 Å². The van der Waals surface area contributed by atoms with Crippen LogP contribution in [0, 0.1) is 0 Å². The number of fused-ring (bicyclic) bond motifs is 1. The highest BCUT2D eigenvalue weighted by Gasteiger charge is 2.10. The van der Waals surface area contributed by atoms with Gasteiger partial charge in [0.05, 0.1) is 21.6 Å². The van der Waals surface area contributed by atoms with Gasteiger partial charge in [-0.05, 0) is 70.0 Å². The molecule has 1 N–H and O–H groups in total. The number of aromatic nitrogens is 2. The molecule has 3 aromatic carbocycles. The van der Waals surface area contributed by atoms with Gasteiger partial charge >= 0.3 is 0 Å². The molecule has 0 aliphatic rings. The summed E-state index contributed by atoms with van der Waals surface area (Å²) in [6.07, 6.45) is 2.14. The number of nitrogens with one attached hydrogen (secondary N) is 1. The molecule has 0 unspecified atom stereocenters. The van der Waals surface area contributed by atoms with Crippen LogP contribution < -0.4 is 15.6 Å². The van der Waals surface area contributed by atoms with Crippen LogP contribution in [-0.4, -0.2) is 28.4 Å². The first-order chi connectivity index (χ1) is 16.4. The summed E-state index contributed by atoms with van der Waals surface area (Å²) in [4.78, 5) is 29.7. The minimum atomic E-state index is -0.259. The highest BCUT2D eigenvalue weighted by molar-refractivity contribution is 9.10. The van der Waals surface area contributed by atoms with Gasteiger partial charge in [0.1, 0.15) is 11.6 Å². The second-order valence-electron chi connectivity index (χ2n) is 7.30. The standard InChI is InChI=1S/C25H20Br2N4O3/c1-2-23-30-21-10-9-17(26)13-19(21)25(33)31(23)28-14-16-8-11-22(20(27)12-16)34-15-24(32)29-18-6-4-3-5-7-18/h3-14H,2,15H2,1H3,(H,29,32). The highest BCUT2D eigenvalue weighted by Crippen LogP contribution is 2.25. The van der Waals surface area contributed by atoms with E-state index in [9.17, 15) is 9.59 Å². The van der Waals surface area contributed by atoms with Gasteiger partial charge in [-0.2, -0.15) is 9.78 Å². The topological polar surface area (TPSA) is 85.6 Å². The summed E-state index contributed by atoms with van der Waals surface area (Å²) >= 11 is 6.87. The molecule has 0 aliphatic carbocycles. The van der Waals surface area contributed by atoms with Crippen LogP contribution in [0.25, 0.3) is 10.9 Å². The number of hydrogen-bond donors (Lipinski definition) is 1. The third kappa shape index (κ3) is 5.60. The molecule has 1 aromatic heterocycles. The molecule has 0 saturated heterocycles. The molecular formula is C25H20Br2N4O3. The van der Waals surface area contributed by atoms with Gasteiger partial charge in [-0.3, -0.25) is 9.59 Å². The summed E-state index contributed by atoms with van der Waals surface area (Å²) in [7, 11) is 0. The summed E-state index contributed by atoms with van der Waals surface area (Å²) in [5.74, 6) is 0.828. The molecular weight excluding hydrogens is 564 g/mol. The maximum Gasteiger partial charge on any atom is 0.282 e. The van der Waals surface area contributed by atoms with Gasteiger partial charge in [-0.15, -0.1) is 0 Å². The van der Waals surface area contributed by atoms with Crippen LogP contribution in [0.4, 0.5) is 5.69 Å².